The summed E-state index contributed by atoms with van der Waals surface area (Å²) in [4.78, 5) is 8.63. The summed E-state index contributed by atoms with van der Waals surface area (Å²) in [6, 6.07) is 3.86. The van der Waals surface area contributed by atoms with Crippen molar-refractivity contribution in [3.05, 3.63) is 24.0 Å². The first kappa shape index (κ1) is 18.1. The molecule has 2 N–H and O–H groups in total. The van der Waals surface area contributed by atoms with Crippen molar-refractivity contribution in [1.29, 1.82) is 5.26 Å². The van der Waals surface area contributed by atoms with Gasteiger partial charge in [0.05, 0.1) is 18.8 Å². The third-order valence-corrected chi connectivity index (χ3v) is 3.71. The van der Waals surface area contributed by atoms with Gasteiger partial charge in [-0.2, -0.15) is 17.0 Å². The lowest BCUT2D eigenvalue weighted by molar-refractivity contribution is 0.305. The first-order valence-corrected chi connectivity index (χ1v) is 8.49. The summed E-state index contributed by atoms with van der Waals surface area (Å²) in [5, 5.41) is 13.8. The third kappa shape index (κ3) is 7.18. The smallest absolute Gasteiger partial charge is 0.204 e. The predicted octanol–water partition coefficient (Wildman–Crippen LogP) is 2.14. The minimum absolute atomic E-state index is 0.490. The molecular weight excluding hydrogens is 298 g/mol. The van der Waals surface area contributed by atoms with Gasteiger partial charge in [0, 0.05) is 24.8 Å². The Kier molecular flexibility index (Phi) is 9.62. The largest absolute Gasteiger partial charge is 0.492 e. The van der Waals surface area contributed by atoms with Crippen molar-refractivity contribution in [2.24, 2.45) is 4.99 Å². The molecule has 0 fully saturated rings. The van der Waals surface area contributed by atoms with E-state index >= 15 is 0 Å². The number of aliphatic imine (C=N–C) groups is 1. The summed E-state index contributed by atoms with van der Waals surface area (Å²) < 4.78 is 5.76. The number of aromatic nitrogens is 1. The highest BCUT2D eigenvalue weighted by Gasteiger charge is 2.04. The molecule has 7 heteroatoms. The highest BCUT2D eigenvalue weighted by Crippen LogP contribution is 2.21. The molecule has 0 aliphatic rings. The lowest BCUT2D eigenvalue weighted by atomic mass is 10.3. The molecule has 0 aliphatic heterocycles. The molecule has 1 aromatic rings. The molecule has 0 amide bonds. The molecule has 22 heavy (non-hydrogen) atoms. The third-order valence-electron chi connectivity index (χ3n) is 2.76. The molecule has 0 radical (unpaired) electrons. The minimum Gasteiger partial charge on any atom is -0.492 e. The first-order valence-electron chi connectivity index (χ1n) is 7.33. The second-order valence-corrected chi connectivity index (χ2v) is 5.53. The van der Waals surface area contributed by atoms with Crippen molar-refractivity contribution in [1.82, 2.24) is 15.6 Å². The number of hydrogen-bond donors (Lipinski definition) is 2. The van der Waals surface area contributed by atoms with Crippen molar-refractivity contribution in [2.45, 2.75) is 25.5 Å². The number of nitrogens with zero attached hydrogens (tertiary/aromatic N) is 3. The van der Waals surface area contributed by atoms with Crippen LogP contribution in [0.1, 0.15) is 25.5 Å². The average molecular weight is 321 g/mol. The quantitative estimate of drug-likeness (QED) is 0.238. The van der Waals surface area contributed by atoms with Crippen LogP contribution in [0.5, 0.6) is 5.75 Å². The number of thioether (sulfide) groups is 1. The molecular formula is C15H23N5OS. The summed E-state index contributed by atoms with van der Waals surface area (Å²) in [5.41, 5.74) is 0.969. The number of hydrogen-bond acceptors (Lipinski definition) is 5. The molecule has 0 aliphatic carbocycles. The van der Waals surface area contributed by atoms with Crippen LogP contribution in [-0.4, -0.2) is 36.9 Å². The monoisotopic (exact) mass is 321 g/mol. The highest BCUT2D eigenvalue weighted by molar-refractivity contribution is 7.98. The normalized spacial score (nSPS) is 10.9. The topological polar surface area (TPSA) is 82.3 Å². The van der Waals surface area contributed by atoms with Crippen LogP contribution in [0.2, 0.25) is 0 Å². The average Bonchev–Trinajstić information content (AvgIpc) is 2.55. The molecule has 0 atom stereocenters. The van der Waals surface area contributed by atoms with Crippen molar-refractivity contribution >= 4 is 17.7 Å². The zero-order valence-corrected chi connectivity index (χ0v) is 13.9. The van der Waals surface area contributed by atoms with Gasteiger partial charge < -0.3 is 10.1 Å². The van der Waals surface area contributed by atoms with Crippen LogP contribution < -0.4 is 15.4 Å². The van der Waals surface area contributed by atoms with Gasteiger partial charge in [-0.1, -0.05) is 13.3 Å². The fourth-order valence-corrected chi connectivity index (χ4v) is 2.39. The van der Waals surface area contributed by atoms with Gasteiger partial charge in [0.1, 0.15) is 5.75 Å². The maximum Gasteiger partial charge on any atom is 0.204 e. The molecule has 0 spiro atoms. The van der Waals surface area contributed by atoms with Crippen LogP contribution in [-0.2, 0) is 5.75 Å². The van der Waals surface area contributed by atoms with Crippen molar-refractivity contribution in [2.75, 3.05) is 26.0 Å². The SMILES string of the molecule is CCCCOc1cccnc1CSCC/N=C(/NC)NC#N. The molecule has 0 aromatic carbocycles. The van der Waals surface area contributed by atoms with Gasteiger partial charge in [-0.3, -0.25) is 15.3 Å². The highest BCUT2D eigenvalue weighted by atomic mass is 32.2. The van der Waals surface area contributed by atoms with Crippen LogP contribution in [0.3, 0.4) is 0 Å². The summed E-state index contributed by atoms with van der Waals surface area (Å²) in [6.45, 7) is 3.51. The Morgan fingerprint density at radius 2 is 2.41 bits per heavy atom. The number of nitrogens with one attached hydrogen (secondary N) is 2. The Morgan fingerprint density at radius 1 is 1.55 bits per heavy atom. The van der Waals surface area contributed by atoms with Crippen LogP contribution in [0.15, 0.2) is 23.3 Å². The fraction of sp³-hybridized carbons (Fsp3) is 0.533. The number of pyridine rings is 1. The maximum absolute atomic E-state index is 8.53. The fourth-order valence-electron chi connectivity index (χ4n) is 1.61. The number of ether oxygens (including phenoxy) is 1. The zero-order valence-electron chi connectivity index (χ0n) is 13.1. The standard InChI is InChI=1S/C15H23N5OS/c1-3-4-9-21-14-6-5-7-18-13(14)11-22-10-8-19-15(17-2)20-12-16/h5-7H,3-4,8-11H2,1-2H3,(H2,17,19,20). The van der Waals surface area contributed by atoms with E-state index in [2.05, 4.69) is 27.5 Å². The maximum atomic E-state index is 8.53. The van der Waals surface area contributed by atoms with E-state index in [0.29, 0.717) is 12.5 Å². The van der Waals surface area contributed by atoms with Crippen molar-refractivity contribution in [3.63, 3.8) is 0 Å². The molecule has 0 saturated carbocycles. The number of unbranched alkanes of at least 4 members (excludes halogenated alkanes) is 1. The van der Waals surface area contributed by atoms with Crippen molar-refractivity contribution < 1.29 is 4.74 Å². The second-order valence-electron chi connectivity index (χ2n) is 4.42. The molecule has 6 nitrogen and oxygen atoms in total. The second kappa shape index (κ2) is 11.7. The van der Waals surface area contributed by atoms with Gasteiger partial charge in [-0.25, -0.2) is 0 Å². The predicted molar refractivity (Wildman–Crippen MR) is 90.9 cm³/mol. The van der Waals surface area contributed by atoms with E-state index < -0.39 is 0 Å². The molecule has 1 rings (SSSR count). The molecule has 0 unspecified atom stereocenters. The summed E-state index contributed by atoms with van der Waals surface area (Å²) in [7, 11) is 1.73. The van der Waals surface area contributed by atoms with Gasteiger partial charge in [0.15, 0.2) is 6.19 Å². The van der Waals surface area contributed by atoms with Gasteiger partial charge in [0.2, 0.25) is 5.96 Å². The number of guanidine groups is 1. The van der Waals surface area contributed by atoms with Crippen molar-refractivity contribution in [3.8, 4) is 11.9 Å². The van der Waals surface area contributed by atoms with E-state index in [1.54, 1.807) is 25.0 Å². The lowest BCUT2D eigenvalue weighted by Gasteiger charge is -2.09. The lowest BCUT2D eigenvalue weighted by Crippen LogP contribution is -2.31. The van der Waals surface area contributed by atoms with Crippen LogP contribution >= 0.6 is 11.8 Å². The van der Waals surface area contributed by atoms with E-state index in [1.165, 1.54) is 0 Å². The van der Waals surface area contributed by atoms with E-state index in [-0.39, 0.29) is 0 Å². The van der Waals surface area contributed by atoms with E-state index in [0.717, 1.165) is 42.4 Å². The number of rotatable bonds is 9. The van der Waals surface area contributed by atoms with E-state index in [9.17, 15) is 0 Å². The Morgan fingerprint density at radius 3 is 3.14 bits per heavy atom. The van der Waals surface area contributed by atoms with E-state index in [4.69, 9.17) is 10.00 Å². The van der Waals surface area contributed by atoms with Gasteiger partial charge >= 0.3 is 0 Å². The van der Waals surface area contributed by atoms with Crippen LogP contribution in [0.4, 0.5) is 0 Å². The van der Waals surface area contributed by atoms with Crippen LogP contribution in [0, 0.1) is 11.5 Å². The Labute approximate surface area is 136 Å². The molecule has 1 heterocycles. The molecule has 0 saturated heterocycles. The summed E-state index contributed by atoms with van der Waals surface area (Å²) in [6.07, 6.45) is 5.80. The first-order chi connectivity index (χ1) is 10.8. The summed E-state index contributed by atoms with van der Waals surface area (Å²) in [5.74, 6) is 3.00. The minimum atomic E-state index is 0.490. The Hall–Kier alpha value is -1.94. The Bertz CT molecular complexity index is 501. The molecule has 1 aromatic heterocycles. The van der Waals surface area contributed by atoms with Crippen LogP contribution in [0.25, 0.3) is 0 Å². The summed E-state index contributed by atoms with van der Waals surface area (Å²) >= 11 is 1.74. The van der Waals surface area contributed by atoms with Gasteiger partial charge in [-0.15, -0.1) is 0 Å². The van der Waals surface area contributed by atoms with Gasteiger partial charge in [0.25, 0.3) is 0 Å². The van der Waals surface area contributed by atoms with Gasteiger partial charge in [-0.05, 0) is 18.6 Å². The number of nitriles is 1. The zero-order chi connectivity index (χ0) is 16.0. The van der Waals surface area contributed by atoms with E-state index in [1.807, 2.05) is 18.3 Å². The Balaban J connectivity index is 2.37. The molecule has 120 valence electrons. The molecule has 0 bridgehead atoms.